The number of ether oxygens (including phenoxy) is 2. The highest BCUT2D eigenvalue weighted by molar-refractivity contribution is 5.92. The highest BCUT2D eigenvalue weighted by Crippen LogP contribution is 2.25. The zero-order valence-corrected chi connectivity index (χ0v) is 22.4. The third-order valence-corrected chi connectivity index (χ3v) is 5.16. The van der Waals surface area contributed by atoms with Crippen LogP contribution >= 0.6 is 0 Å². The summed E-state index contributed by atoms with van der Waals surface area (Å²) in [7, 11) is 0. The average Bonchev–Trinajstić information content (AvgIpc) is 2.81. The predicted octanol–water partition coefficient (Wildman–Crippen LogP) is 2.41. The molecule has 0 aliphatic rings. The monoisotopic (exact) mass is 523 g/mol. The van der Waals surface area contributed by atoms with Crippen molar-refractivity contribution in [1.82, 2.24) is 15.5 Å². The van der Waals surface area contributed by atoms with Crippen molar-refractivity contribution in [2.24, 2.45) is 0 Å². The Labute approximate surface area is 218 Å². The summed E-state index contributed by atoms with van der Waals surface area (Å²) >= 11 is 0. The van der Waals surface area contributed by atoms with Crippen molar-refractivity contribution >= 4 is 23.9 Å². The maximum absolute atomic E-state index is 13.6. The van der Waals surface area contributed by atoms with E-state index in [9.17, 15) is 29.4 Å². The summed E-state index contributed by atoms with van der Waals surface area (Å²) in [5.74, 6) is -1.73. The largest absolute Gasteiger partial charge is 0.508 e. The molecule has 0 fully saturated rings. The predicted molar refractivity (Wildman–Crippen MR) is 137 cm³/mol. The standard InChI is InChI=1S/C26H41N3O8/c1-6-8-9-16-29(24(34)20(17-30)28-25(35)37-26(3,4)5)22(18-10-12-19(31)13-11-18)23(33)27-15-14-21(32)36-7-2/h10-13,20,22,30-31H,6-9,14-17H2,1-5H3,(H,27,33)(H,28,35). The molecule has 2 atom stereocenters. The number of unbranched alkanes of at least 4 members (excludes halogenated alkanes) is 2. The summed E-state index contributed by atoms with van der Waals surface area (Å²) in [6.07, 6.45) is 1.27. The van der Waals surface area contributed by atoms with Crippen molar-refractivity contribution in [3.63, 3.8) is 0 Å². The van der Waals surface area contributed by atoms with E-state index in [1.54, 1.807) is 27.7 Å². The number of esters is 1. The highest BCUT2D eigenvalue weighted by atomic mass is 16.6. The Kier molecular flexibility index (Phi) is 13.4. The van der Waals surface area contributed by atoms with Gasteiger partial charge in [-0.15, -0.1) is 0 Å². The minimum absolute atomic E-state index is 0.0111. The summed E-state index contributed by atoms with van der Waals surface area (Å²) < 4.78 is 10.1. The molecule has 2 unspecified atom stereocenters. The number of amides is 3. The van der Waals surface area contributed by atoms with Crippen LogP contribution in [0, 0.1) is 0 Å². The molecule has 1 aromatic rings. The number of phenolic OH excluding ortho intramolecular Hbond substituents is 1. The van der Waals surface area contributed by atoms with Crippen molar-refractivity contribution in [1.29, 1.82) is 0 Å². The summed E-state index contributed by atoms with van der Waals surface area (Å²) in [6.45, 7) is 8.33. The second kappa shape index (κ2) is 15.7. The van der Waals surface area contributed by atoms with E-state index < -0.39 is 48.2 Å². The molecule has 4 N–H and O–H groups in total. The first kappa shape index (κ1) is 31.7. The number of aliphatic hydroxyl groups is 1. The van der Waals surface area contributed by atoms with Gasteiger partial charge in [-0.2, -0.15) is 0 Å². The summed E-state index contributed by atoms with van der Waals surface area (Å²) in [5, 5.41) is 24.7. The van der Waals surface area contributed by atoms with Gasteiger partial charge in [0.05, 0.1) is 19.6 Å². The van der Waals surface area contributed by atoms with Gasteiger partial charge in [0.2, 0.25) is 11.8 Å². The average molecular weight is 524 g/mol. The molecular weight excluding hydrogens is 482 g/mol. The van der Waals surface area contributed by atoms with Crippen LogP contribution in [0.4, 0.5) is 4.79 Å². The molecule has 0 saturated carbocycles. The van der Waals surface area contributed by atoms with Crippen molar-refractivity contribution < 1.29 is 38.9 Å². The first-order valence-corrected chi connectivity index (χ1v) is 12.6. The fourth-order valence-electron chi connectivity index (χ4n) is 3.48. The number of nitrogens with one attached hydrogen (secondary N) is 2. The second-order valence-electron chi connectivity index (χ2n) is 9.46. The van der Waals surface area contributed by atoms with Gasteiger partial charge in [-0.05, 0) is 51.8 Å². The Bertz CT molecular complexity index is 883. The van der Waals surface area contributed by atoms with Gasteiger partial charge >= 0.3 is 12.1 Å². The van der Waals surface area contributed by atoms with E-state index in [4.69, 9.17) is 9.47 Å². The smallest absolute Gasteiger partial charge is 0.408 e. The van der Waals surface area contributed by atoms with E-state index in [0.29, 0.717) is 12.0 Å². The number of benzene rings is 1. The number of hydrogen-bond acceptors (Lipinski definition) is 8. The van der Waals surface area contributed by atoms with E-state index >= 15 is 0 Å². The van der Waals surface area contributed by atoms with Crippen LogP contribution in [0.25, 0.3) is 0 Å². The van der Waals surface area contributed by atoms with Gasteiger partial charge in [-0.1, -0.05) is 31.9 Å². The third kappa shape index (κ3) is 11.5. The molecular formula is C26H41N3O8. The van der Waals surface area contributed by atoms with E-state index in [1.807, 2.05) is 6.92 Å². The number of carbonyl (C=O) groups excluding carboxylic acids is 4. The van der Waals surface area contributed by atoms with Crippen molar-refractivity contribution in [3.8, 4) is 5.75 Å². The lowest BCUT2D eigenvalue weighted by Crippen LogP contribution is -2.54. The number of carbonyl (C=O) groups is 4. The first-order valence-electron chi connectivity index (χ1n) is 12.6. The molecule has 208 valence electrons. The number of aromatic hydroxyl groups is 1. The zero-order valence-electron chi connectivity index (χ0n) is 22.4. The number of aliphatic hydroxyl groups excluding tert-OH is 1. The normalized spacial score (nSPS) is 12.7. The Morgan fingerprint density at radius 3 is 2.24 bits per heavy atom. The first-order chi connectivity index (χ1) is 17.4. The molecule has 0 aliphatic carbocycles. The molecule has 0 heterocycles. The zero-order chi connectivity index (χ0) is 28.0. The van der Waals surface area contributed by atoms with Gasteiger partial charge in [0.15, 0.2) is 0 Å². The van der Waals surface area contributed by atoms with E-state index in [2.05, 4.69) is 10.6 Å². The molecule has 11 nitrogen and oxygen atoms in total. The van der Waals surface area contributed by atoms with Crippen LogP contribution in [0.5, 0.6) is 5.75 Å². The van der Waals surface area contributed by atoms with Crippen LogP contribution in [0.15, 0.2) is 24.3 Å². The lowest BCUT2D eigenvalue weighted by atomic mass is 10.0. The molecule has 37 heavy (non-hydrogen) atoms. The van der Waals surface area contributed by atoms with Crippen LogP contribution in [0.1, 0.15) is 71.9 Å². The topological polar surface area (TPSA) is 154 Å². The molecule has 0 spiro atoms. The molecule has 0 saturated heterocycles. The Hall–Kier alpha value is -3.34. The molecule has 0 aliphatic heterocycles. The van der Waals surface area contributed by atoms with Gasteiger partial charge in [0, 0.05) is 13.1 Å². The van der Waals surface area contributed by atoms with E-state index in [0.717, 1.165) is 12.8 Å². The summed E-state index contributed by atoms with van der Waals surface area (Å²) in [5.41, 5.74) is -0.410. The van der Waals surface area contributed by atoms with Crippen LogP contribution in [-0.4, -0.2) is 76.9 Å². The van der Waals surface area contributed by atoms with Gasteiger partial charge < -0.3 is 35.2 Å². The summed E-state index contributed by atoms with van der Waals surface area (Å²) in [4.78, 5) is 52.3. The van der Waals surface area contributed by atoms with E-state index in [-0.39, 0.29) is 31.9 Å². The lowest BCUT2D eigenvalue weighted by molar-refractivity contribution is -0.144. The van der Waals surface area contributed by atoms with Crippen molar-refractivity contribution in [3.05, 3.63) is 29.8 Å². The van der Waals surface area contributed by atoms with Crippen LogP contribution in [0.2, 0.25) is 0 Å². The lowest BCUT2D eigenvalue weighted by Gasteiger charge is -2.34. The maximum atomic E-state index is 13.6. The Balaban J connectivity index is 3.29. The fourth-order valence-corrected chi connectivity index (χ4v) is 3.48. The molecule has 1 aromatic carbocycles. The minimum Gasteiger partial charge on any atom is -0.508 e. The number of rotatable bonds is 14. The van der Waals surface area contributed by atoms with Gasteiger partial charge in [0.25, 0.3) is 0 Å². The quantitative estimate of drug-likeness (QED) is 0.214. The van der Waals surface area contributed by atoms with Crippen molar-refractivity contribution in [2.45, 2.75) is 78.0 Å². The van der Waals surface area contributed by atoms with E-state index in [1.165, 1.54) is 29.2 Å². The molecule has 1 rings (SSSR count). The number of phenols is 1. The molecule has 0 aromatic heterocycles. The highest BCUT2D eigenvalue weighted by Gasteiger charge is 2.35. The molecule has 3 amide bonds. The second-order valence-corrected chi connectivity index (χ2v) is 9.46. The molecule has 0 bridgehead atoms. The molecule has 11 heteroatoms. The van der Waals surface area contributed by atoms with Gasteiger partial charge in [0.1, 0.15) is 23.4 Å². The maximum Gasteiger partial charge on any atom is 0.408 e. The third-order valence-electron chi connectivity index (χ3n) is 5.16. The summed E-state index contributed by atoms with van der Waals surface area (Å²) in [6, 6.07) is 3.31. The van der Waals surface area contributed by atoms with Crippen molar-refractivity contribution in [2.75, 3.05) is 26.3 Å². The number of alkyl carbamates (subject to hydrolysis) is 1. The fraction of sp³-hybridized carbons (Fsp3) is 0.615. The SMILES string of the molecule is CCCCCN(C(=O)C(CO)NC(=O)OC(C)(C)C)C(C(=O)NCCC(=O)OCC)c1ccc(O)cc1. The Morgan fingerprint density at radius 1 is 1.05 bits per heavy atom. The van der Waals surface area contributed by atoms with Crippen LogP contribution in [-0.2, 0) is 23.9 Å². The van der Waals surface area contributed by atoms with Gasteiger partial charge in [-0.3, -0.25) is 14.4 Å². The van der Waals surface area contributed by atoms with Crippen LogP contribution in [0.3, 0.4) is 0 Å². The minimum atomic E-state index is -1.36. The molecule has 0 radical (unpaired) electrons. The van der Waals surface area contributed by atoms with Crippen LogP contribution < -0.4 is 10.6 Å². The van der Waals surface area contributed by atoms with Gasteiger partial charge in [-0.25, -0.2) is 4.79 Å². The number of nitrogens with zero attached hydrogens (tertiary/aromatic N) is 1. The number of hydrogen-bond donors (Lipinski definition) is 4. The Morgan fingerprint density at radius 2 is 1.70 bits per heavy atom.